The van der Waals surface area contributed by atoms with Crippen molar-refractivity contribution in [3.63, 3.8) is 0 Å². The van der Waals surface area contributed by atoms with Crippen LogP contribution < -0.4 is 0 Å². The summed E-state index contributed by atoms with van der Waals surface area (Å²) in [6.07, 6.45) is 0. The Labute approximate surface area is 193 Å². The van der Waals surface area contributed by atoms with Gasteiger partial charge < -0.3 is 9.42 Å². The molecule has 1 atom stereocenters. The number of carbonyl (C=O) groups excluding carboxylic acids is 1. The molecule has 1 saturated heterocycles. The summed E-state index contributed by atoms with van der Waals surface area (Å²) in [4.78, 5) is 23.6. The van der Waals surface area contributed by atoms with E-state index in [1.807, 2.05) is 44.2 Å². The van der Waals surface area contributed by atoms with E-state index in [-0.39, 0.29) is 17.8 Å². The van der Waals surface area contributed by atoms with Crippen molar-refractivity contribution in [2.45, 2.75) is 33.0 Å². The number of likely N-dealkylation sites (N-methyl/N-ethyl adjacent to an activating group) is 1. The fraction of sp³-hybridized carbons (Fsp3) is 0.400. The van der Waals surface area contributed by atoms with Gasteiger partial charge in [-0.15, -0.1) is 0 Å². The molecular formula is C25H30FN5O2. The summed E-state index contributed by atoms with van der Waals surface area (Å²) in [5.74, 6) is 0.944. The SMILES string of the molecule is Cc1ccc(-c2noc(CN3CCN([C@H](C)C(=O)N(C)Cc4cccc(F)c4)CC3)n2)cc1. The monoisotopic (exact) mass is 451 g/mol. The van der Waals surface area contributed by atoms with E-state index in [1.165, 1.54) is 17.7 Å². The molecular weight excluding hydrogens is 421 g/mol. The molecule has 174 valence electrons. The first kappa shape index (κ1) is 23.1. The molecule has 2 aromatic carbocycles. The third-order valence-corrected chi connectivity index (χ3v) is 6.13. The van der Waals surface area contributed by atoms with Crippen LogP contribution >= 0.6 is 0 Å². The molecule has 1 fully saturated rings. The van der Waals surface area contributed by atoms with Gasteiger partial charge in [-0.2, -0.15) is 4.98 Å². The number of benzene rings is 2. The van der Waals surface area contributed by atoms with Gasteiger partial charge in [0.1, 0.15) is 5.82 Å². The van der Waals surface area contributed by atoms with Crippen LogP contribution in [0, 0.1) is 12.7 Å². The molecule has 1 aromatic heterocycles. The summed E-state index contributed by atoms with van der Waals surface area (Å²) in [6.45, 7) is 8.14. The van der Waals surface area contributed by atoms with Crippen molar-refractivity contribution in [1.29, 1.82) is 0 Å². The highest BCUT2D eigenvalue weighted by Gasteiger charge is 2.28. The summed E-state index contributed by atoms with van der Waals surface area (Å²) in [6, 6.07) is 14.2. The van der Waals surface area contributed by atoms with E-state index < -0.39 is 0 Å². The zero-order chi connectivity index (χ0) is 23.4. The van der Waals surface area contributed by atoms with Crippen molar-refractivity contribution >= 4 is 5.91 Å². The maximum Gasteiger partial charge on any atom is 0.241 e. The number of aryl methyl sites for hydroxylation is 1. The van der Waals surface area contributed by atoms with E-state index in [0.29, 0.717) is 24.8 Å². The van der Waals surface area contributed by atoms with E-state index in [9.17, 15) is 9.18 Å². The molecule has 3 aromatic rings. The number of hydrogen-bond donors (Lipinski definition) is 0. The summed E-state index contributed by atoms with van der Waals surface area (Å²) in [7, 11) is 1.77. The van der Waals surface area contributed by atoms with E-state index in [1.54, 1.807) is 18.0 Å². The lowest BCUT2D eigenvalue weighted by atomic mass is 10.1. The average molecular weight is 452 g/mol. The largest absolute Gasteiger partial charge is 0.340 e. The van der Waals surface area contributed by atoms with Crippen LogP contribution in [0.15, 0.2) is 53.1 Å². The smallest absolute Gasteiger partial charge is 0.241 e. The number of halogens is 1. The fourth-order valence-electron chi connectivity index (χ4n) is 4.10. The van der Waals surface area contributed by atoms with Crippen molar-refractivity contribution in [2.24, 2.45) is 0 Å². The van der Waals surface area contributed by atoms with Crippen molar-refractivity contribution in [3.05, 3.63) is 71.4 Å². The van der Waals surface area contributed by atoms with Crippen LogP contribution in [-0.4, -0.2) is 70.0 Å². The van der Waals surface area contributed by atoms with Crippen LogP contribution in [-0.2, 0) is 17.9 Å². The summed E-state index contributed by atoms with van der Waals surface area (Å²) in [5, 5.41) is 4.11. The van der Waals surface area contributed by atoms with E-state index in [4.69, 9.17) is 4.52 Å². The van der Waals surface area contributed by atoms with Crippen molar-refractivity contribution in [2.75, 3.05) is 33.2 Å². The number of carbonyl (C=O) groups is 1. The maximum atomic E-state index is 13.4. The molecule has 8 heteroatoms. The van der Waals surface area contributed by atoms with Crippen molar-refractivity contribution < 1.29 is 13.7 Å². The number of aromatic nitrogens is 2. The van der Waals surface area contributed by atoms with E-state index >= 15 is 0 Å². The molecule has 0 radical (unpaired) electrons. The summed E-state index contributed by atoms with van der Waals surface area (Å²) >= 11 is 0. The second kappa shape index (κ2) is 10.2. The van der Waals surface area contributed by atoms with Gasteiger partial charge in [0.05, 0.1) is 12.6 Å². The van der Waals surface area contributed by atoms with Crippen LogP contribution in [0.2, 0.25) is 0 Å². The first-order chi connectivity index (χ1) is 15.9. The zero-order valence-corrected chi connectivity index (χ0v) is 19.4. The van der Waals surface area contributed by atoms with Gasteiger partial charge in [-0.05, 0) is 31.5 Å². The van der Waals surface area contributed by atoms with E-state index in [0.717, 1.165) is 37.3 Å². The van der Waals surface area contributed by atoms with Crippen LogP contribution in [0.3, 0.4) is 0 Å². The van der Waals surface area contributed by atoms with Gasteiger partial charge >= 0.3 is 0 Å². The Morgan fingerprint density at radius 1 is 1.15 bits per heavy atom. The lowest BCUT2D eigenvalue weighted by Crippen LogP contribution is -2.53. The molecule has 1 amide bonds. The third kappa shape index (κ3) is 5.83. The van der Waals surface area contributed by atoms with Crippen molar-refractivity contribution in [3.8, 4) is 11.4 Å². The zero-order valence-electron chi connectivity index (χ0n) is 19.4. The van der Waals surface area contributed by atoms with Gasteiger partial charge in [-0.1, -0.05) is 47.1 Å². The summed E-state index contributed by atoms with van der Waals surface area (Å²) < 4.78 is 18.9. The second-order valence-electron chi connectivity index (χ2n) is 8.69. The predicted molar refractivity (Wildman–Crippen MR) is 124 cm³/mol. The first-order valence-corrected chi connectivity index (χ1v) is 11.2. The first-order valence-electron chi connectivity index (χ1n) is 11.2. The topological polar surface area (TPSA) is 65.7 Å². The molecule has 7 nitrogen and oxygen atoms in total. The second-order valence-corrected chi connectivity index (χ2v) is 8.69. The Hall–Kier alpha value is -3.10. The Morgan fingerprint density at radius 2 is 1.88 bits per heavy atom. The molecule has 4 rings (SSSR count). The number of nitrogens with zero attached hydrogens (tertiary/aromatic N) is 5. The fourth-order valence-corrected chi connectivity index (χ4v) is 4.10. The Balaban J connectivity index is 1.27. The highest BCUT2D eigenvalue weighted by Crippen LogP contribution is 2.18. The van der Waals surface area contributed by atoms with Crippen molar-refractivity contribution in [1.82, 2.24) is 24.8 Å². The van der Waals surface area contributed by atoms with Crippen LogP contribution in [0.1, 0.15) is 23.9 Å². The molecule has 1 aliphatic rings. The van der Waals surface area contributed by atoms with Gasteiger partial charge in [0.15, 0.2) is 0 Å². The Morgan fingerprint density at radius 3 is 2.58 bits per heavy atom. The minimum Gasteiger partial charge on any atom is -0.340 e. The van der Waals surface area contributed by atoms with Crippen LogP contribution in [0.5, 0.6) is 0 Å². The molecule has 0 saturated carbocycles. The lowest BCUT2D eigenvalue weighted by molar-refractivity contribution is -0.136. The molecule has 2 heterocycles. The lowest BCUT2D eigenvalue weighted by Gasteiger charge is -2.38. The molecule has 0 N–H and O–H groups in total. The number of hydrogen-bond acceptors (Lipinski definition) is 6. The van der Waals surface area contributed by atoms with Gasteiger partial charge in [-0.3, -0.25) is 14.6 Å². The molecule has 1 aliphatic heterocycles. The molecule has 33 heavy (non-hydrogen) atoms. The van der Waals surface area contributed by atoms with Gasteiger partial charge in [0.25, 0.3) is 0 Å². The number of amides is 1. The number of piperazine rings is 1. The Bertz CT molecular complexity index is 1080. The highest BCUT2D eigenvalue weighted by molar-refractivity contribution is 5.81. The maximum absolute atomic E-state index is 13.4. The Kier molecular flexibility index (Phi) is 7.15. The normalized spacial score (nSPS) is 16.0. The minimum atomic E-state index is -0.287. The number of rotatable bonds is 7. The van der Waals surface area contributed by atoms with Crippen LogP contribution in [0.25, 0.3) is 11.4 Å². The van der Waals surface area contributed by atoms with Gasteiger partial charge in [0, 0.05) is 45.3 Å². The standard InChI is InChI=1S/C25H30FN5O2/c1-18-7-9-21(10-8-18)24-27-23(33-28-24)17-30-11-13-31(14-12-30)19(2)25(32)29(3)16-20-5-4-6-22(26)15-20/h4-10,15,19H,11-14,16-17H2,1-3H3/t19-/m1/s1. The van der Waals surface area contributed by atoms with Gasteiger partial charge in [0.2, 0.25) is 17.6 Å². The molecule has 0 spiro atoms. The molecule has 0 aliphatic carbocycles. The van der Waals surface area contributed by atoms with Gasteiger partial charge in [-0.25, -0.2) is 4.39 Å². The van der Waals surface area contributed by atoms with E-state index in [2.05, 4.69) is 19.9 Å². The quantitative estimate of drug-likeness (QED) is 0.549. The average Bonchev–Trinajstić information content (AvgIpc) is 3.27. The summed E-state index contributed by atoms with van der Waals surface area (Å²) in [5.41, 5.74) is 2.91. The minimum absolute atomic E-state index is 0.0346. The molecule has 0 bridgehead atoms. The molecule has 0 unspecified atom stereocenters. The van der Waals surface area contributed by atoms with Crippen LogP contribution in [0.4, 0.5) is 4.39 Å². The predicted octanol–water partition coefficient (Wildman–Crippen LogP) is 3.35. The third-order valence-electron chi connectivity index (χ3n) is 6.13. The highest BCUT2D eigenvalue weighted by atomic mass is 19.1.